The lowest BCUT2D eigenvalue weighted by Gasteiger charge is -2.32. The lowest BCUT2D eigenvalue weighted by atomic mass is 9.90. The van der Waals surface area contributed by atoms with E-state index in [9.17, 15) is 4.79 Å². The van der Waals surface area contributed by atoms with Gasteiger partial charge in [0.05, 0.1) is 5.75 Å². The van der Waals surface area contributed by atoms with Crippen molar-refractivity contribution in [1.82, 2.24) is 19.7 Å². The Kier molecular flexibility index (Phi) is 7.71. The fourth-order valence-electron chi connectivity index (χ4n) is 3.44. The fourth-order valence-corrected chi connectivity index (χ4v) is 4.28. The third kappa shape index (κ3) is 6.07. The molecule has 1 aliphatic rings. The Bertz CT molecular complexity index is 699. The SMILES string of the molecule is COCCCn1cnnc1SCC(=O)N1CCC(Cc2ccccc2)CC1. The van der Waals surface area contributed by atoms with Crippen LogP contribution in [0.1, 0.15) is 24.8 Å². The molecule has 7 heteroatoms. The molecule has 27 heavy (non-hydrogen) atoms. The number of aromatic nitrogens is 3. The Labute approximate surface area is 165 Å². The van der Waals surface area contributed by atoms with Gasteiger partial charge in [0.15, 0.2) is 5.16 Å². The van der Waals surface area contributed by atoms with Gasteiger partial charge in [0.1, 0.15) is 6.33 Å². The van der Waals surface area contributed by atoms with E-state index < -0.39 is 0 Å². The summed E-state index contributed by atoms with van der Waals surface area (Å²) in [6.07, 6.45) is 5.90. The largest absolute Gasteiger partial charge is 0.385 e. The molecule has 3 rings (SSSR count). The third-order valence-corrected chi connectivity index (χ3v) is 5.95. The number of hydrogen-bond donors (Lipinski definition) is 0. The Balaban J connectivity index is 1.40. The second kappa shape index (κ2) is 10.5. The van der Waals surface area contributed by atoms with E-state index in [2.05, 4.69) is 40.5 Å². The molecule has 1 aromatic heterocycles. The van der Waals surface area contributed by atoms with Crippen molar-refractivity contribution in [3.8, 4) is 0 Å². The number of rotatable bonds is 9. The Hall–Kier alpha value is -1.86. The molecule has 1 fully saturated rings. The molecule has 0 bridgehead atoms. The molecule has 1 saturated heterocycles. The summed E-state index contributed by atoms with van der Waals surface area (Å²) in [5.41, 5.74) is 1.39. The van der Waals surface area contributed by atoms with Gasteiger partial charge < -0.3 is 14.2 Å². The lowest BCUT2D eigenvalue weighted by Crippen LogP contribution is -2.39. The first-order valence-corrected chi connectivity index (χ1v) is 10.6. The highest BCUT2D eigenvalue weighted by Crippen LogP contribution is 2.23. The summed E-state index contributed by atoms with van der Waals surface area (Å²) in [5, 5.41) is 8.91. The van der Waals surface area contributed by atoms with E-state index >= 15 is 0 Å². The number of carbonyl (C=O) groups excluding carboxylic acids is 1. The standard InChI is InChI=1S/C20H28N4O2S/c1-26-13-5-10-24-16-21-22-20(24)27-15-19(25)23-11-8-18(9-12-23)14-17-6-3-2-4-7-17/h2-4,6-7,16,18H,5,8-15H2,1H3. The van der Waals surface area contributed by atoms with Crippen LogP contribution < -0.4 is 0 Å². The summed E-state index contributed by atoms with van der Waals surface area (Å²) in [4.78, 5) is 14.6. The zero-order valence-corrected chi connectivity index (χ0v) is 16.7. The van der Waals surface area contributed by atoms with Gasteiger partial charge in [-0.2, -0.15) is 0 Å². The van der Waals surface area contributed by atoms with Crippen molar-refractivity contribution in [2.45, 2.75) is 37.4 Å². The maximum Gasteiger partial charge on any atom is 0.233 e. The minimum atomic E-state index is 0.199. The van der Waals surface area contributed by atoms with Crippen molar-refractivity contribution in [2.75, 3.05) is 32.6 Å². The van der Waals surface area contributed by atoms with Gasteiger partial charge in [-0.1, -0.05) is 42.1 Å². The maximum absolute atomic E-state index is 12.6. The first kappa shape index (κ1) is 19.9. The van der Waals surface area contributed by atoms with E-state index in [1.54, 1.807) is 13.4 Å². The molecule has 2 aromatic rings. The van der Waals surface area contributed by atoms with E-state index in [0.717, 1.165) is 50.5 Å². The summed E-state index contributed by atoms with van der Waals surface area (Å²) in [7, 11) is 1.70. The van der Waals surface area contributed by atoms with E-state index in [1.165, 1.54) is 17.3 Å². The van der Waals surface area contributed by atoms with E-state index in [4.69, 9.17) is 4.74 Å². The molecule has 0 spiro atoms. The van der Waals surface area contributed by atoms with Gasteiger partial charge in [-0.25, -0.2) is 0 Å². The second-order valence-electron chi connectivity index (χ2n) is 6.96. The second-order valence-corrected chi connectivity index (χ2v) is 7.90. The fraction of sp³-hybridized carbons (Fsp3) is 0.550. The molecular weight excluding hydrogens is 360 g/mol. The Morgan fingerprint density at radius 2 is 2.04 bits per heavy atom. The molecule has 6 nitrogen and oxygen atoms in total. The summed E-state index contributed by atoms with van der Waals surface area (Å²) < 4.78 is 7.07. The summed E-state index contributed by atoms with van der Waals surface area (Å²) >= 11 is 1.47. The van der Waals surface area contributed by atoms with Gasteiger partial charge in [-0.15, -0.1) is 10.2 Å². The number of ether oxygens (including phenoxy) is 1. The topological polar surface area (TPSA) is 60.2 Å². The van der Waals surface area contributed by atoms with Crippen LogP contribution in [0.3, 0.4) is 0 Å². The van der Waals surface area contributed by atoms with Crippen LogP contribution in [-0.4, -0.2) is 58.1 Å². The summed E-state index contributed by atoms with van der Waals surface area (Å²) in [6.45, 7) is 3.23. The lowest BCUT2D eigenvalue weighted by molar-refractivity contribution is -0.129. The van der Waals surface area contributed by atoms with Crippen molar-refractivity contribution >= 4 is 17.7 Å². The van der Waals surface area contributed by atoms with Gasteiger partial charge in [-0.3, -0.25) is 4.79 Å². The Morgan fingerprint density at radius 1 is 1.26 bits per heavy atom. The molecular formula is C20H28N4O2S. The predicted molar refractivity (Wildman–Crippen MR) is 107 cm³/mol. The minimum absolute atomic E-state index is 0.199. The number of likely N-dealkylation sites (tertiary alicyclic amines) is 1. The molecule has 1 aliphatic heterocycles. The molecule has 146 valence electrons. The van der Waals surface area contributed by atoms with Crippen LogP contribution in [-0.2, 0) is 22.5 Å². The molecule has 0 aliphatic carbocycles. The van der Waals surface area contributed by atoms with Crippen LogP contribution in [0.5, 0.6) is 0 Å². The zero-order valence-electron chi connectivity index (χ0n) is 15.9. The number of amides is 1. The number of methoxy groups -OCH3 is 1. The van der Waals surface area contributed by atoms with Crippen LogP contribution in [0.2, 0.25) is 0 Å². The average molecular weight is 389 g/mol. The van der Waals surface area contributed by atoms with E-state index in [-0.39, 0.29) is 5.91 Å². The van der Waals surface area contributed by atoms with Gasteiger partial charge in [0, 0.05) is 33.4 Å². The monoisotopic (exact) mass is 388 g/mol. The van der Waals surface area contributed by atoms with Crippen molar-refractivity contribution < 1.29 is 9.53 Å². The molecule has 0 unspecified atom stereocenters. The van der Waals surface area contributed by atoms with Crippen molar-refractivity contribution in [3.05, 3.63) is 42.2 Å². The number of benzene rings is 1. The number of piperidine rings is 1. The highest BCUT2D eigenvalue weighted by Gasteiger charge is 2.23. The van der Waals surface area contributed by atoms with Gasteiger partial charge in [-0.05, 0) is 37.2 Å². The van der Waals surface area contributed by atoms with Gasteiger partial charge in [0.25, 0.3) is 0 Å². The van der Waals surface area contributed by atoms with Crippen LogP contribution in [0.25, 0.3) is 0 Å². The maximum atomic E-state index is 12.6. The smallest absolute Gasteiger partial charge is 0.233 e. The highest BCUT2D eigenvalue weighted by atomic mass is 32.2. The minimum Gasteiger partial charge on any atom is -0.385 e. The number of carbonyl (C=O) groups is 1. The van der Waals surface area contributed by atoms with Crippen LogP contribution in [0, 0.1) is 5.92 Å². The number of thioether (sulfide) groups is 1. The number of hydrogen-bond acceptors (Lipinski definition) is 5. The van der Waals surface area contributed by atoms with Gasteiger partial charge >= 0.3 is 0 Å². The molecule has 1 amide bonds. The van der Waals surface area contributed by atoms with Crippen molar-refractivity contribution in [1.29, 1.82) is 0 Å². The summed E-state index contributed by atoms with van der Waals surface area (Å²) in [6, 6.07) is 10.6. The summed E-state index contributed by atoms with van der Waals surface area (Å²) in [5.74, 6) is 1.30. The molecule has 0 atom stereocenters. The third-order valence-electron chi connectivity index (χ3n) is 4.99. The highest BCUT2D eigenvalue weighted by molar-refractivity contribution is 7.99. The number of aryl methyl sites for hydroxylation is 1. The molecule has 2 heterocycles. The molecule has 0 radical (unpaired) electrons. The van der Waals surface area contributed by atoms with Crippen molar-refractivity contribution in [3.63, 3.8) is 0 Å². The van der Waals surface area contributed by atoms with Crippen LogP contribution >= 0.6 is 11.8 Å². The normalized spacial score (nSPS) is 15.2. The molecule has 1 aromatic carbocycles. The van der Waals surface area contributed by atoms with Gasteiger partial charge in [0.2, 0.25) is 5.91 Å². The van der Waals surface area contributed by atoms with Crippen LogP contribution in [0.4, 0.5) is 0 Å². The Morgan fingerprint density at radius 3 is 2.78 bits per heavy atom. The quantitative estimate of drug-likeness (QED) is 0.488. The molecule has 0 N–H and O–H groups in total. The zero-order chi connectivity index (χ0) is 18.9. The van der Waals surface area contributed by atoms with Crippen molar-refractivity contribution in [2.24, 2.45) is 5.92 Å². The van der Waals surface area contributed by atoms with E-state index in [0.29, 0.717) is 18.3 Å². The predicted octanol–water partition coefficient (Wildman–Crippen LogP) is 2.89. The molecule has 0 saturated carbocycles. The average Bonchev–Trinajstić information content (AvgIpc) is 3.15. The first-order valence-electron chi connectivity index (χ1n) is 9.57. The number of nitrogens with zero attached hydrogens (tertiary/aromatic N) is 4. The van der Waals surface area contributed by atoms with Crippen LogP contribution in [0.15, 0.2) is 41.8 Å². The van der Waals surface area contributed by atoms with E-state index in [1.807, 2.05) is 9.47 Å². The first-order chi connectivity index (χ1) is 13.3.